The van der Waals surface area contributed by atoms with Gasteiger partial charge in [-0.15, -0.1) is 11.8 Å². The van der Waals surface area contributed by atoms with E-state index in [1.807, 2.05) is 0 Å². The zero-order valence-corrected chi connectivity index (χ0v) is 15.0. The normalized spacial score (nSPS) is 23.2. The molecule has 2 amide bonds. The van der Waals surface area contributed by atoms with Crippen LogP contribution < -0.4 is 11.1 Å². The Morgan fingerprint density at radius 3 is 2.76 bits per heavy atom. The predicted octanol–water partition coefficient (Wildman–Crippen LogP) is 0.282. The molecule has 11 heteroatoms. The summed E-state index contributed by atoms with van der Waals surface area (Å²) in [5, 5.41) is 11.8. The van der Waals surface area contributed by atoms with E-state index in [-0.39, 0.29) is 22.2 Å². The number of aromatic nitrogens is 2. The molecule has 132 valence electrons. The third-order valence-corrected chi connectivity index (χ3v) is 5.83. The fourth-order valence-electron chi connectivity index (χ4n) is 2.70. The van der Waals surface area contributed by atoms with Crippen LogP contribution in [0.5, 0.6) is 0 Å². The van der Waals surface area contributed by atoms with Gasteiger partial charge in [-0.3, -0.25) is 14.5 Å². The van der Waals surface area contributed by atoms with Gasteiger partial charge in [0, 0.05) is 17.3 Å². The molecule has 3 rings (SSSR count). The van der Waals surface area contributed by atoms with Crippen molar-refractivity contribution in [3.63, 3.8) is 0 Å². The van der Waals surface area contributed by atoms with Crippen molar-refractivity contribution in [2.45, 2.75) is 25.3 Å². The van der Waals surface area contributed by atoms with Gasteiger partial charge in [-0.1, -0.05) is 6.08 Å². The number of hydrogen-bond donors (Lipinski definition) is 3. The number of amides is 2. The molecule has 0 radical (unpaired) electrons. The van der Waals surface area contributed by atoms with E-state index in [2.05, 4.69) is 14.7 Å². The Morgan fingerprint density at radius 2 is 2.20 bits per heavy atom. The van der Waals surface area contributed by atoms with Gasteiger partial charge in [0.1, 0.15) is 17.1 Å². The van der Waals surface area contributed by atoms with Crippen molar-refractivity contribution in [1.82, 2.24) is 19.6 Å². The smallest absolute Gasteiger partial charge is 0.352 e. The third-order valence-electron chi connectivity index (χ3n) is 3.86. The number of allylic oxidation sites excluding steroid dienone is 1. The predicted molar refractivity (Wildman–Crippen MR) is 93.3 cm³/mol. The minimum Gasteiger partial charge on any atom is -0.477 e. The van der Waals surface area contributed by atoms with E-state index >= 15 is 0 Å². The summed E-state index contributed by atoms with van der Waals surface area (Å²) in [4.78, 5) is 41.4. The molecule has 0 saturated carbocycles. The Bertz CT molecular complexity index is 831. The first-order valence-corrected chi connectivity index (χ1v) is 9.11. The number of fused-ring (bicyclic) bond motifs is 1. The van der Waals surface area contributed by atoms with Crippen LogP contribution in [0.15, 0.2) is 17.3 Å². The molecular formula is C14H15N5O4S2. The SMILES string of the molecule is C/C=C(\C(=O)NC1C(=O)N2C(C(=O)O)=C(C)CS[C@@H]12)c1nsc(N)n1. The second-order valence-corrected chi connectivity index (χ2v) is 7.34. The molecule has 1 unspecified atom stereocenters. The van der Waals surface area contributed by atoms with Crippen molar-refractivity contribution in [2.75, 3.05) is 11.5 Å². The maximum atomic E-state index is 12.5. The van der Waals surface area contributed by atoms with Gasteiger partial charge in [-0.25, -0.2) is 4.79 Å². The van der Waals surface area contributed by atoms with Gasteiger partial charge in [-0.05, 0) is 19.4 Å². The number of nitrogens with two attached hydrogens (primary N) is 1. The van der Waals surface area contributed by atoms with Gasteiger partial charge in [0.15, 0.2) is 11.0 Å². The Balaban J connectivity index is 1.76. The number of carboxylic acid groups (broad SMARTS) is 1. The molecule has 1 aromatic rings. The van der Waals surface area contributed by atoms with E-state index in [4.69, 9.17) is 5.73 Å². The Labute approximate surface area is 151 Å². The van der Waals surface area contributed by atoms with Crippen molar-refractivity contribution in [2.24, 2.45) is 0 Å². The number of carbonyl (C=O) groups is 3. The number of carbonyl (C=O) groups excluding carboxylic acids is 2. The van der Waals surface area contributed by atoms with Gasteiger partial charge in [0.2, 0.25) is 0 Å². The summed E-state index contributed by atoms with van der Waals surface area (Å²) in [6.45, 7) is 3.34. The molecule has 2 aliphatic heterocycles. The summed E-state index contributed by atoms with van der Waals surface area (Å²) in [5.74, 6) is -1.39. The summed E-state index contributed by atoms with van der Waals surface area (Å²) >= 11 is 2.39. The van der Waals surface area contributed by atoms with Crippen LogP contribution >= 0.6 is 23.3 Å². The molecule has 3 heterocycles. The number of hydrogen-bond acceptors (Lipinski definition) is 8. The number of nitrogens with zero attached hydrogens (tertiary/aromatic N) is 3. The van der Waals surface area contributed by atoms with Crippen molar-refractivity contribution >= 4 is 51.8 Å². The lowest BCUT2D eigenvalue weighted by molar-refractivity contribution is -0.150. The van der Waals surface area contributed by atoms with Gasteiger partial charge >= 0.3 is 5.97 Å². The maximum absolute atomic E-state index is 12.5. The monoisotopic (exact) mass is 381 g/mol. The van der Waals surface area contributed by atoms with Crippen molar-refractivity contribution in [1.29, 1.82) is 0 Å². The van der Waals surface area contributed by atoms with Gasteiger partial charge in [0.05, 0.1) is 5.57 Å². The fraction of sp³-hybridized carbons (Fsp3) is 0.357. The van der Waals surface area contributed by atoms with Crippen LogP contribution in [0.1, 0.15) is 19.7 Å². The standard InChI is InChI=1S/C14H15N5O4S2/c1-3-6(9-17-14(15)25-18-9)10(20)16-7-11(21)19-8(13(22)23)5(2)4-24-12(7)19/h3,7,12H,4H2,1-2H3,(H,16,20)(H,22,23)(H2,15,17,18)/b6-3-/t7?,12-/m0/s1. The summed E-state index contributed by atoms with van der Waals surface area (Å²) in [6, 6.07) is -0.786. The van der Waals surface area contributed by atoms with Crippen LogP contribution in [-0.2, 0) is 14.4 Å². The lowest BCUT2D eigenvalue weighted by Crippen LogP contribution is -2.70. The second kappa shape index (κ2) is 6.48. The molecule has 9 nitrogen and oxygen atoms in total. The number of aliphatic carboxylic acids is 1. The first-order chi connectivity index (χ1) is 11.8. The largest absolute Gasteiger partial charge is 0.477 e. The molecule has 2 atom stereocenters. The average Bonchev–Trinajstić information content (AvgIpc) is 2.98. The maximum Gasteiger partial charge on any atom is 0.352 e. The fourth-order valence-corrected chi connectivity index (χ4v) is 4.44. The first-order valence-electron chi connectivity index (χ1n) is 7.29. The number of nitrogen functional groups attached to an aromatic ring is 1. The van der Waals surface area contributed by atoms with Gasteiger partial charge < -0.3 is 16.2 Å². The minimum absolute atomic E-state index is 0.000512. The quantitative estimate of drug-likeness (QED) is 0.499. The lowest BCUT2D eigenvalue weighted by atomic mass is 10.0. The number of thioether (sulfide) groups is 1. The number of anilines is 1. The molecule has 25 heavy (non-hydrogen) atoms. The zero-order valence-electron chi connectivity index (χ0n) is 13.3. The molecule has 0 aliphatic carbocycles. The number of β-lactam (4-membered cyclic amide) rings is 1. The van der Waals surface area contributed by atoms with E-state index in [0.717, 1.165) is 11.5 Å². The molecule has 1 aromatic heterocycles. The summed E-state index contributed by atoms with van der Waals surface area (Å²) in [7, 11) is 0. The zero-order chi connectivity index (χ0) is 18.3. The van der Waals surface area contributed by atoms with E-state index in [0.29, 0.717) is 11.3 Å². The second-order valence-electron chi connectivity index (χ2n) is 5.45. The average molecular weight is 381 g/mol. The molecule has 1 fully saturated rings. The summed E-state index contributed by atoms with van der Waals surface area (Å²) in [6.07, 6.45) is 1.54. The van der Waals surface area contributed by atoms with Crippen LogP contribution in [0.2, 0.25) is 0 Å². The van der Waals surface area contributed by atoms with Crippen LogP contribution in [-0.4, -0.2) is 54.3 Å². The van der Waals surface area contributed by atoms with Gasteiger partial charge in [0.25, 0.3) is 11.8 Å². The summed E-state index contributed by atoms with van der Waals surface area (Å²) < 4.78 is 4.00. The highest BCUT2D eigenvalue weighted by Crippen LogP contribution is 2.40. The van der Waals surface area contributed by atoms with E-state index in [1.165, 1.54) is 16.7 Å². The lowest BCUT2D eigenvalue weighted by Gasteiger charge is -2.49. The topological polar surface area (TPSA) is 139 Å². The molecule has 1 saturated heterocycles. The number of nitrogens with one attached hydrogen (secondary N) is 1. The van der Waals surface area contributed by atoms with Crippen molar-refractivity contribution in [3.8, 4) is 0 Å². The van der Waals surface area contributed by atoms with E-state index < -0.39 is 29.2 Å². The van der Waals surface area contributed by atoms with Crippen molar-refractivity contribution in [3.05, 3.63) is 23.2 Å². The van der Waals surface area contributed by atoms with Crippen molar-refractivity contribution < 1.29 is 19.5 Å². The Morgan fingerprint density at radius 1 is 1.48 bits per heavy atom. The van der Waals surface area contributed by atoms with Crippen LogP contribution in [0, 0.1) is 0 Å². The molecule has 0 bridgehead atoms. The highest BCUT2D eigenvalue weighted by molar-refractivity contribution is 8.00. The van der Waals surface area contributed by atoms with Gasteiger partial charge in [-0.2, -0.15) is 9.36 Å². The number of rotatable bonds is 4. The number of carboxylic acids is 1. The summed E-state index contributed by atoms with van der Waals surface area (Å²) in [5.41, 5.74) is 6.38. The Hall–Kier alpha value is -2.40. The van der Waals surface area contributed by atoms with Crippen LogP contribution in [0.4, 0.5) is 5.13 Å². The first kappa shape index (κ1) is 17.4. The molecule has 4 N–H and O–H groups in total. The highest BCUT2D eigenvalue weighted by atomic mass is 32.2. The highest BCUT2D eigenvalue weighted by Gasteiger charge is 2.53. The van der Waals surface area contributed by atoms with Crippen LogP contribution in [0.3, 0.4) is 0 Å². The van der Waals surface area contributed by atoms with E-state index in [9.17, 15) is 19.5 Å². The molecule has 0 spiro atoms. The third kappa shape index (κ3) is 2.89. The molecular weight excluding hydrogens is 366 g/mol. The van der Waals surface area contributed by atoms with Crippen LogP contribution in [0.25, 0.3) is 5.57 Å². The molecule has 2 aliphatic rings. The Kier molecular flexibility index (Phi) is 4.52. The minimum atomic E-state index is -1.14. The van der Waals surface area contributed by atoms with E-state index in [1.54, 1.807) is 19.9 Å². The molecule has 0 aromatic carbocycles.